The van der Waals surface area contributed by atoms with Gasteiger partial charge in [0.05, 0.1) is 0 Å². The van der Waals surface area contributed by atoms with Crippen molar-refractivity contribution >= 4 is 42.3 Å². The standard InChI is InChI=1S/C18H26ClN3O.2ClH/c19-16-5-1-3-14(11-16)13-21-7-9-22(10-8-21)18(23)12-15-4-2-6-17(15)20;;/h1,3,5,11,15,17H,2,4,6-10,12-13,20H2;2*1H/t15-,17+;;/m0../s1. The molecular formula is C18H28Cl3N3O. The van der Waals surface area contributed by atoms with Crippen LogP contribution in [0, 0.1) is 5.92 Å². The summed E-state index contributed by atoms with van der Waals surface area (Å²) in [6.07, 6.45) is 4.00. The quantitative estimate of drug-likeness (QED) is 0.831. The number of nitrogens with zero attached hydrogens (tertiary/aromatic N) is 2. The number of benzene rings is 1. The predicted octanol–water partition coefficient (Wildman–Crippen LogP) is 3.35. The van der Waals surface area contributed by atoms with Crippen LogP contribution in [0.25, 0.3) is 0 Å². The Morgan fingerprint density at radius 2 is 1.88 bits per heavy atom. The first-order valence-corrected chi connectivity index (χ1v) is 9.00. The SMILES string of the molecule is Cl.Cl.N[C@@H]1CCC[C@H]1CC(=O)N1CCN(Cc2cccc(Cl)c2)CC1. The van der Waals surface area contributed by atoms with Crippen LogP contribution in [0.3, 0.4) is 0 Å². The molecule has 142 valence electrons. The van der Waals surface area contributed by atoms with Gasteiger partial charge in [0.1, 0.15) is 0 Å². The normalized spacial score (nSPS) is 23.7. The van der Waals surface area contributed by atoms with E-state index in [0.717, 1.165) is 50.6 Å². The first-order valence-electron chi connectivity index (χ1n) is 8.62. The van der Waals surface area contributed by atoms with Crippen molar-refractivity contribution < 1.29 is 4.79 Å². The summed E-state index contributed by atoms with van der Waals surface area (Å²) in [5.74, 6) is 0.682. The first-order chi connectivity index (χ1) is 11.1. The highest BCUT2D eigenvalue weighted by Gasteiger charge is 2.29. The van der Waals surface area contributed by atoms with Gasteiger partial charge in [0.15, 0.2) is 0 Å². The third kappa shape index (κ3) is 6.30. The van der Waals surface area contributed by atoms with Gasteiger partial charge in [-0.3, -0.25) is 9.69 Å². The average Bonchev–Trinajstić information content (AvgIpc) is 2.93. The number of hydrogen-bond acceptors (Lipinski definition) is 3. The maximum Gasteiger partial charge on any atom is 0.222 e. The van der Waals surface area contributed by atoms with Crippen LogP contribution in [0.4, 0.5) is 0 Å². The number of nitrogens with two attached hydrogens (primary N) is 1. The molecule has 1 aliphatic heterocycles. The average molecular weight is 409 g/mol. The Bertz CT molecular complexity index is 550. The minimum Gasteiger partial charge on any atom is -0.340 e. The molecule has 2 fully saturated rings. The number of rotatable bonds is 4. The maximum atomic E-state index is 12.4. The zero-order valence-corrected chi connectivity index (χ0v) is 16.8. The molecule has 0 bridgehead atoms. The zero-order chi connectivity index (χ0) is 16.2. The van der Waals surface area contributed by atoms with Crippen LogP contribution in [0.5, 0.6) is 0 Å². The van der Waals surface area contributed by atoms with E-state index in [-0.39, 0.29) is 36.8 Å². The molecule has 1 amide bonds. The molecule has 4 nitrogen and oxygen atoms in total. The van der Waals surface area contributed by atoms with Gasteiger partial charge in [-0.2, -0.15) is 0 Å². The van der Waals surface area contributed by atoms with Crippen molar-refractivity contribution in [1.82, 2.24) is 9.80 Å². The van der Waals surface area contributed by atoms with Crippen molar-refractivity contribution in [1.29, 1.82) is 0 Å². The fourth-order valence-electron chi connectivity index (χ4n) is 3.72. The van der Waals surface area contributed by atoms with Crippen molar-refractivity contribution in [3.05, 3.63) is 34.9 Å². The monoisotopic (exact) mass is 407 g/mol. The summed E-state index contributed by atoms with van der Waals surface area (Å²) >= 11 is 6.04. The molecule has 1 heterocycles. The Hall–Kier alpha value is -0.520. The molecule has 3 rings (SSSR count). The summed E-state index contributed by atoms with van der Waals surface area (Å²) in [4.78, 5) is 16.8. The number of piperazine rings is 1. The second-order valence-corrected chi connectivity index (χ2v) is 7.28. The van der Waals surface area contributed by atoms with Gasteiger partial charge in [0.25, 0.3) is 0 Å². The topological polar surface area (TPSA) is 49.6 Å². The number of carbonyl (C=O) groups excluding carboxylic acids is 1. The molecule has 2 atom stereocenters. The second kappa shape index (κ2) is 10.6. The largest absolute Gasteiger partial charge is 0.340 e. The summed E-state index contributed by atoms with van der Waals surface area (Å²) in [5.41, 5.74) is 7.32. The van der Waals surface area contributed by atoms with E-state index in [1.807, 2.05) is 23.1 Å². The molecule has 1 saturated heterocycles. The fraction of sp³-hybridized carbons (Fsp3) is 0.611. The summed E-state index contributed by atoms with van der Waals surface area (Å²) in [7, 11) is 0. The van der Waals surface area contributed by atoms with Crippen LogP contribution < -0.4 is 5.73 Å². The third-order valence-corrected chi connectivity index (χ3v) is 5.41. The molecule has 1 aliphatic carbocycles. The Balaban J connectivity index is 0.00000156. The number of amides is 1. The molecule has 0 aromatic heterocycles. The molecule has 0 radical (unpaired) electrons. The lowest BCUT2D eigenvalue weighted by molar-refractivity contribution is -0.134. The Labute approximate surface area is 167 Å². The van der Waals surface area contributed by atoms with Gasteiger partial charge in [0, 0.05) is 50.2 Å². The van der Waals surface area contributed by atoms with Gasteiger partial charge >= 0.3 is 0 Å². The molecule has 2 N–H and O–H groups in total. The highest BCUT2D eigenvalue weighted by atomic mass is 35.5. The van der Waals surface area contributed by atoms with Crippen LogP contribution in [-0.4, -0.2) is 47.9 Å². The van der Waals surface area contributed by atoms with Crippen LogP contribution >= 0.6 is 36.4 Å². The highest BCUT2D eigenvalue weighted by molar-refractivity contribution is 6.30. The second-order valence-electron chi connectivity index (χ2n) is 6.85. The van der Waals surface area contributed by atoms with E-state index in [1.54, 1.807) is 0 Å². The lowest BCUT2D eigenvalue weighted by Crippen LogP contribution is -2.49. The van der Waals surface area contributed by atoms with Crippen LogP contribution in [0.15, 0.2) is 24.3 Å². The zero-order valence-electron chi connectivity index (χ0n) is 14.4. The first kappa shape index (κ1) is 22.5. The van der Waals surface area contributed by atoms with E-state index in [0.29, 0.717) is 12.3 Å². The molecular weight excluding hydrogens is 381 g/mol. The molecule has 1 saturated carbocycles. The molecule has 0 unspecified atom stereocenters. The van der Waals surface area contributed by atoms with Crippen molar-refractivity contribution in [2.75, 3.05) is 26.2 Å². The van der Waals surface area contributed by atoms with Gasteiger partial charge in [-0.25, -0.2) is 0 Å². The predicted molar refractivity (Wildman–Crippen MR) is 108 cm³/mol. The molecule has 1 aromatic carbocycles. The number of halogens is 3. The minimum atomic E-state index is 0. The lowest BCUT2D eigenvalue weighted by atomic mass is 9.99. The van der Waals surface area contributed by atoms with Gasteiger partial charge in [0.2, 0.25) is 5.91 Å². The number of hydrogen-bond donors (Lipinski definition) is 1. The van der Waals surface area contributed by atoms with Crippen molar-refractivity contribution in [2.45, 2.75) is 38.3 Å². The van der Waals surface area contributed by atoms with Crippen molar-refractivity contribution in [3.63, 3.8) is 0 Å². The van der Waals surface area contributed by atoms with E-state index in [2.05, 4.69) is 11.0 Å². The smallest absolute Gasteiger partial charge is 0.222 e. The molecule has 0 spiro atoms. The Kier molecular flexibility index (Phi) is 9.54. The molecule has 2 aliphatic rings. The van der Waals surface area contributed by atoms with Crippen LogP contribution in [0.1, 0.15) is 31.2 Å². The van der Waals surface area contributed by atoms with E-state index < -0.39 is 0 Å². The summed E-state index contributed by atoms with van der Waals surface area (Å²) < 4.78 is 0. The summed E-state index contributed by atoms with van der Waals surface area (Å²) in [5, 5.41) is 0.782. The molecule has 25 heavy (non-hydrogen) atoms. The Morgan fingerprint density at radius 1 is 1.16 bits per heavy atom. The summed E-state index contributed by atoms with van der Waals surface area (Å²) in [6.45, 7) is 4.39. The van der Waals surface area contributed by atoms with E-state index in [9.17, 15) is 4.79 Å². The summed E-state index contributed by atoms with van der Waals surface area (Å²) in [6, 6.07) is 8.23. The van der Waals surface area contributed by atoms with Crippen molar-refractivity contribution in [3.8, 4) is 0 Å². The van der Waals surface area contributed by atoms with Crippen LogP contribution in [-0.2, 0) is 11.3 Å². The molecule has 1 aromatic rings. The Morgan fingerprint density at radius 3 is 2.48 bits per heavy atom. The van der Waals surface area contributed by atoms with Gasteiger partial charge < -0.3 is 10.6 Å². The number of carbonyl (C=O) groups is 1. The lowest BCUT2D eigenvalue weighted by Gasteiger charge is -2.35. The van der Waals surface area contributed by atoms with Crippen molar-refractivity contribution in [2.24, 2.45) is 11.7 Å². The third-order valence-electron chi connectivity index (χ3n) is 5.17. The van der Waals surface area contributed by atoms with E-state index in [4.69, 9.17) is 17.3 Å². The van der Waals surface area contributed by atoms with Gasteiger partial charge in [-0.05, 0) is 36.5 Å². The maximum absolute atomic E-state index is 12.4. The fourth-order valence-corrected chi connectivity index (χ4v) is 3.93. The minimum absolute atomic E-state index is 0. The molecule has 7 heteroatoms. The van der Waals surface area contributed by atoms with E-state index >= 15 is 0 Å². The van der Waals surface area contributed by atoms with E-state index in [1.165, 1.54) is 12.0 Å². The van der Waals surface area contributed by atoms with Gasteiger partial charge in [-0.15, -0.1) is 24.8 Å². The van der Waals surface area contributed by atoms with Crippen LogP contribution in [0.2, 0.25) is 5.02 Å². The van der Waals surface area contributed by atoms with Gasteiger partial charge in [-0.1, -0.05) is 30.2 Å². The highest BCUT2D eigenvalue weighted by Crippen LogP contribution is 2.27.